The monoisotopic (exact) mass is 161 g/mol. The van der Waals surface area contributed by atoms with Gasteiger partial charge in [-0.2, -0.15) is 0 Å². The van der Waals surface area contributed by atoms with Crippen molar-refractivity contribution in [2.75, 3.05) is 0 Å². The Kier molecular flexibility index (Phi) is 1.96. The van der Waals surface area contributed by atoms with Gasteiger partial charge in [-0.25, -0.2) is 14.2 Å². The lowest BCUT2D eigenvalue weighted by Crippen LogP contribution is -1.92. The molecule has 5 heteroatoms. The summed E-state index contributed by atoms with van der Waals surface area (Å²) in [6, 6.07) is 0. The molecule has 0 atom stereocenters. The molecule has 0 spiro atoms. The van der Waals surface area contributed by atoms with Crippen LogP contribution in [0.4, 0.5) is 4.39 Å². The predicted molar refractivity (Wildman–Crippen MR) is 33.9 cm³/mol. The number of aromatic nitrogens is 1. The summed E-state index contributed by atoms with van der Waals surface area (Å²) in [7, 11) is 0. The first-order valence-electron chi connectivity index (χ1n) is 2.48. The van der Waals surface area contributed by atoms with Crippen molar-refractivity contribution in [3.8, 4) is 0 Å². The van der Waals surface area contributed by atoms with Crippen molar-refractivity contribution in [1.29, 1.82) is 0 Å². The highest BCUT2D eigenvalue weighted by Crippen LogP contribution is 2.13. The van der Waals surface area contributed by atoms with Crippen LogP contribution in [0.5, 0.6) is 0 Å². The van der Waals surface area contributed by atoms with Gasteiger partial charge in [-0.05, 0) is 0 Å². The van der Waals surface area contributed by atoms with Gasteiger partial charge in [-0.1, -0.05) is 0 Å². The summed E-state index contributed by atoms with van der Waals surface area (Å²) in [5, 5.41) is 8.26. The lowest BCUT2D eigenvalue weighted by molar-refractivity contribution is 0.0696. The number of carbonyl (C=O) groups is 1. The van der Waals surface area contributed by atoms with Crippen molar-refractivity contribution in [1.82, 2.24) is 4.98 Å². The third-order valence-corrected chi connectivity index (χ3v) is 1.82. The van der Waals surface area contributed by atoms with E-state index in [4.69, 9.17) is 5.11 Å². The topological polar surface area (TPSA) is 50.2 Å². The summed E-state index contributed by atoms with van der Waals surface area (Å²) in [4.78, 5) is 14.0. The summed E-state index contributed by atoms with van der Waals surface area (Å²) in [5.41, 5.74) is 0. The van der Waals surface area contributed by atoms with E-state index in [0.717, 1.165) is 11.3 Å². The van der Waals surface area contributed by atoms with Crippen molar-refractivity contribution >= 4 is 17.3 Å². The molecule has 1 aromatic rings. The highest BCUT2D eigenvalue weighted by Gasteiger charge is 2.07. The summed E-state index contributed by atoms with van der Waals surface area (Å²) in [5.74, 6) is -1.11. The molecule has 0 bridgehead atoms. The molecule has 3 nitrogen and oxygen atoms in total. The number of rotatable bonds is 2. The molecule has 1 N–H and O–H groups in total. The summed E-state index contributed by atoms with van der Waals surface area (Å²) in [6.45, 7) is -0.648. The number of nitrogens with zero attached hydrogens (tertiary/aromatic N) is 1. The number of carboxylic acid groups (broad SMARTS) is 1. The van der Waals surface area contributed by atoms with Gasteiger partial charge in [0.25, 0.3) is 0 Å². The highest BCUT2D eigenvalue weighted by molar-refractivity contribution is 7.13. The van der Waals surface area contributed by atoms with Gasteiger partial charge in [-0.15, -0.1) is 11.3 Å². The zero-order valence-electron chi connectivity index (χ0n) is 4.87. The molecule has 0 saturated heterocycles. The summed E-state index contributed by atoms with van der Waals surface area (Å²) < 4.78 is 11.8. The van der Waals surface area contributed by atoms with Crippen molar-refractivity contribution in [3.63, 3.8) is 0 Å². The summed E-state index contributed by atoms with van der Waals surface area (Å²) >= 11 is 0.855. The van der Waals surface area contributed by atoms with E-state index in [-0.39, 0.29) is 5.01 Å². The average molecular weight is 161 g/mol. The Hall–Kier alpha value is -0.970. The minimum Gasteiger partial charge on any atom is -0.476 e. The van der Waals surface area contributed by atoms with E-state index in [2.05, 4.69) is 4.98 Å². The Morgan fingerprint density at radius 3 is 2.90 bits per heavy atom. The fraction of sp³-hybridized carbons (Fsp3) is 0.200. The van der Waals surface area contributed by atoms with Crippen molar-refractivity contribution < 1.29 is 14.3 Å². The predicted octanol–water partition coefficient (Wildman–Crippen LogP) is 1.31. The van der Waals surface area contributed by atoms with E-state index in [9.17, 15) is 9.18 Å². The van der Waals surface area contributed by atoms with Crippen molar-refractivity contribution in [2.45, 2.75) is 6.67 Å². The number of carboxylic acids is 1. The second kappa shape index (κ2) is 2.74. The third-order valence-electron chi connectivity index (χ3n) is 0.868. The summed E-state index contributed by atoms with van der Waals surface area (Å²) in [6.07, 6.45) is 1.23. The van der Waals surface area contributed by atoms with Crippen LogP contribution in [0.15, 0.2) is 6.20 Å². The lowest BCUT2D eigenvalue weighted by Gasteiger charge is -1.79. The second-order valence-electron chi connectivity index (χ2n) is 1.57. The van der Waals surface area contributed by atoms with Crippen LogP contribution in [-0.2, 0) is 6.67 Å². The minimum absolute atomic E-state index is 0.0624. The van der Waals surface area contributed by atoms with Crippen LogP contribution in [0.3, 0.4) is 0 Å². The van der Waals surface area contributed by atoms with Crippen LogP contribution in [0.2, 0.25) is 0 Å². The fourth-order valence-corrected chi connectivity index (χ4v) is 1.07. The molecule has 0 fully saturated rings. The maximum absolute atomic E-state index is 11.8. The van der Waals surface area contributed by atoms with E-state index >= 15 is 0 Å². The molecule has 54 valence electrons. The van der Waals surface area contributed by atoms with Crippen molar-refractivity contribution in [3.05, 3.63) is 16.1 Å². The van der Waals surface area contributed by atoms with E-state index in [1.807, 2.05) is 0 Å². The normalized spacial score (nSPS) is 9.70. The average Bonchev–Trinajstić information content (AvgIpc) is 2.34. The fourth-order valence-electron chi connectivity index (χ4n) is 0.468. The van der Waals surface area contributed by atoms with Gasteiger partial charge < -0.3 is 5.11 Å². The Bertz CT molecular complexity index is 248. The quantitative estimate of drug-likeness (QED) is 0.711. The van der Waals surface area contributed by atoms with Crippen LogP contribution < -0.4 is 0 Å². The van der Waals surface area contributed by atoms with Gasteiger partial charge in [0, 0.05) is 6.20 Å². The third kappa shape index (κ3) is 1.30. The lowest BCUT2D eigenvalue weighted by atomic mass is 10.6. The van der Waals surface area contributed by atoms with Crippen LogP contribution in [-0.4, -0.2) is 16.1 Å². The van der Waals surface area contributed by atoms with Gasteiger partial charge in [-0.3, -0.25) is 0 Å². The van der Waals surface area contributed by atoms with Gasteiger partial charge >= 0.3 is 5.97 Å². The first-order chi connectivity index (χ1) is 4.74. The number of hydrogen-bond acceptors (Lipinski definition) is 3. The Morgan fingerprint density at radius 1 is 1.90 bits per heavy atom. The van der Waals surface area contributed by atoms with E-state index in [1.165, 1.54) is 6.20 Å². The SMILES string of the molecule is O=C(O)c1ncc(CF)s1. The Morgan fingerprint density at radius 2 is 2.60 bits per heavy atom. The smallest absolute Gasteiger partial charge is 0.365 e. The molecule has 1 heterocycles. The number of alkyl halides is 1. The minimum atomic E-state index is -1.11. The maximum Gasteiger partial charge on any atom is 0.365 e. The standard InChI is InChI=1S/C5H4FNO2S/c6-1-3-2-7-4(10-3)5(8)9/h2H,1H2,(H,8,9). The molecule has 0 amide bonds. The molecule has 1 aromatic heterocycles. The molecule has 0 aliphatic rings. The largest absolute Gasteiger partial charge is 0.476 e. The van der Waals surface area contributed by atoms with Crippen molar-refractivity contribution in [2.24, 2.45) is 0 Å². The van der Waals surface area contributed by atoms with Crippen LogP contribution in [0.1, 0.15) is 14.7 Å². The molecule has 10 heavy (non-hydrogen) atoms. The number of halogens is 1. The van der Waals surface area contributed by atoms with E-state index < -0.39 is 12.6 Å². The van der Waals surface area contributed by atoms with Gasteiger partial charge in [0.05, 0.1) is 4.88 Å². The van der Waals surface area contributed by atoms with E-state index in [1.54, 1.807) is 0 Å². The van der Waals surface area contributed by atoms with Gasteiger partial charge in [0.2, 0.25) is 5.01 Å². The Labute approximate surface area is 60.1 Å². The molecular weight excluding hydrogens is 157 g/mol. The molecule has 0 aromatic carbocycles. The molecule has 1 rings (SSSR count). The second-order valence-corrected chi connectivity index (χ2v) is 2.69. The van der Waals surface area contributed by atoms with Gasteiger partial charge in [0.15, 0.2) is 0 Å². The first-order valence-corrected chi connectivity index (χ1v) is 3.29. The zero-order valence-corrected chi connectivity index (χ0v) is 5.69. The molecule has 0 aliphatic heterocycles. The number of thiazole rings is 1. The molecule has 0 radical (unpaired) electrons. The van der Waals surface area contributed by atoms with Crippen LogP contribution in [0, 0.1) is 0 Å². The molecule has 0 aliphatic carbocycles. The van der Waals surface area contributed by atoms with E-state index in [0.29, 0.717) is 4.88 Å². The van der Waals surface area contributed by atoms with Crippen LogP contribution in [0.25, 0.3) is 0 Å². The number of aromatic carboxylic acids is 1. The number of hydrogen-bond donors (Lipinski definition) is 1. The molecule has 0 saturated carbocycles. The van der Waals surface area contributed by atoms with Gasteiger partial charge in [0.1, 0.15) is 6.67 Å². The highest BCUT2D eigenvalue weighted by atomic mass is 32.1. The molecular formula is C5H4FNO2S. The zero-order chi connectivity index (χ0) is 7.56. The maximum atomic E-state index is 11.8. The first kappa shape index (κ1) is 7.14. The Balaban J connectivity index is 2.88. The van der Waals surface area contributed by atoms with Crippen LogP contribution >= 0.6 is 11.3 Å². The molecule has 0 unspecified atom stereocenters.